The maximum absolute atomic E-state index is 12.3. The van der Waals surface area contributed by atoms with E-state index in [1.165, 1.54) is 6.26 Å². The van der Waals surface area contributed by atoms with Crippen molar-refractivity contribution in [1.82, 2.24) is 5.32 Å². The molecule has 1 saturated heterocycles. The number of piperidine rings is 1. The number of hydrogen-bond donors (Lipinski definition) is 3. The zero-order valence-corrected chi connectivity index (χ0v) is 17.2. The monoisotopic (exact) mass is 425 g/mol. The van der Waals surface area contributed by atoms with Gasteiger partial charge in [-0.3, -0.25) is 9.59 Å². The highest BCUT2D eigenvalue weighted by atomic mass is 35.5. The molecule has 2 heterocycles. The van der Waals surface area contributed by atoms with Gasteiger partial charge in [-0.05, 0) is 68.1 Å². The molecule has 1 aliphatic rings. The smallest absolute Gasteiger partial charge is 0.291 e. The average Bonchev–Trinajstić information content (AvgIpc) is 3.19. The number of anilines is 2. The van der Waals surface area contributed by atoms with Gasteiger partial charge in [0.2, 0.25) is 5.91 Å². The van der Waals surface area contributed by atoms with E-state index in [1.54, 1.807) is 30.3 Å². The summed E-state index contributed by atoms with van der Waals surface area (Å²) in [6, 6.07) is 8.21. The minimum absolute atomic E-state index is 0. The second-order valence-corrected chi connectivity index (χ2v) is 7.37. The minimum atomic E-state index is -0.381. The summed E-state index contributed by atoms with van der Waals surface area (Å²) in [4.78, 5) is 24.4. The first kappa shape index (κ1) is 22.3. The van der Waals surface area contributed by atoms with Gasteiger partial charge in [0.15, 0.2) is 5.76 Å². The molecule has 3 N–H and O–H groups in total. The molecule has 1 fully saturated rings. The molecule has 0 bridgehead atoms. The largest absolute Gasteiger partial charge is 0.459 e. The lowest BCUT2D eigenvalue weighted by atomic mass is 9.85. The molecule has 0 radical (unpaired) electrons. The fourth-order valence-corrected chi connectivity index (χ4v) is 3.55. The van der Waals surface area contributed by atoms with Gasteiger partial charge in [-0.25, -0.2) is 0 Å². The third-order valence-corrected chi connectivity index (χ3v) is 5.21. The minimum Gasteiger partial charge on any atom is -0.459 e. The molecular weight excluding hydrogens is 401 g/mol. The van der Waals surface area contributed by atoms with Crippen molar-refractivity contribution in [3.05, 3.63) is 47.4 Å². The van der Waals surface area contributed by atoms with Gasteiger partial charge < -0.3 is 20.4 Å². The number of rotatable bonds is 6. The topological polar surface area (TPSA) is 83.4 Å². The number of carbonyl (C=O) groups is 2. The van der Waals surface area contributed by atoms with E-state index in [0.29, 0.717) is 34.7 Å². The quantitative estimate of drug-likeness (QED) is 0.632. The summed E-state index contributed by atoms with van der Waals surface area (Å²) in [6.07, 6.45) is 4.23. The molecule has 2 amide bonds. The van der Waals surface area contributed by atoms with Crippen LogP contribution in [0, 0.1) is 11.8 Å². The van der Waals surface area contributed by atoms with Crippen LogP contribution in [-0.4, -0.2) is 24.9 Å². The van der Waals surface area contributed by atoms with Crippen molar-refractivity contribution < 1.29 is 14.0 Å². The van der Waals surface area contributed by atoms with Crippen molar-refractivity contribution in [3.63, 3.8) is 0 Å². The molecule has 3 rings (SSSR count). The highest BCUT2D eigenvalue weighted by molar-refractivity contribution is 6.34. The third-order valence-electron chi connectivity index (χ3n) is 4.89. The van der Waals surface area contributed by atoms with Crippen molar-refractivity contribution in [2.24, 2.45) is 11.8 Å². The summed E-state index contributed by atoms with van der Waals surface area (Å²) in [7, 11) is 0. The van der Waals surface area contributed by atoms with Crippen LogP contribution in [0.4, 0.5) is 11.4 Å². The van der Waals surface area contributed by atoms with Gasteiger partial charge >= 0.3 is 0 Å². The van der Waals surface area contributed by atoms with Crippen LogP contribution in [0.1, 0.15) is 36.7 Å². The van der Waals surface area contributed by atoms with Gasteiger partial charge in [-0.1, -0.05) is 18.5 Å². The summed E-state index contributed by atoms with van der Waals surface area (Å²) < 4.78 is 5.05. The van der Waals surface area contributed by atoms with E-state index in [-0.39, 0.29) is 30.0 Å². The molecular formula is C20H25Cl2N3O3. The average molecular weight is 426 g/mol. The SMILES string of the molecule is CC(CC(=O)Nc1ccc(NC(=O)c2ccco2)c(Cl)c1)C1CCCNC1.Cl. The Morgan fingerprint density at radius 3 is 2.79 bits per heavy atom. The maximum atomic E-state index is 12.3. The molecule has 0 spiro atoms. The lowest BCUT2D eigenvalue weighted by molar-refractivity contribution is -0.117. The fraction of sp³-hybridized carbons (Fsp3) is 0.400. The first-order valence-electron chi connectivity index (χ1n) is 9.18. The van der Waals surface area contributed by atoms with E-state index >= 15 is 0 Å². The molecule has 6 nitrogen and oxygen atoms in total. The van der Waals surface area contributed by atoms with Gasteiger partial charge in [0.05, 0.1) is 17.0 Å². The Balaban J connectivity index is 0.00000280. The second kappa shape index (κ2) is 10.5. The van der Waals surface area contributed by atoms with Crippen molar-refractivity contribution in [3.8, 4) is 0 Å². The summed E-state index contributed by atoms with van der Waals surface area (Å²) in [5.41, 5.74) is 1.06. The number of carbonyl (C=O) groups excluding carboxylic acids is 2. The van der Waals surface area contributed by atoms with Crippen LogP contribution in [0.2, 0.25) is 5.02 Å². The van der Waals surface area contributed by atoms with Gasteiger partial charge in [0, 0.05) is 12.1 Å². The van der Waals surface area contributed by atoms with Crippen LogP contribution >= 0.6 is 24.0 Å². The molecule has 0 saturated carbocycles. The van der Waals surface area contributed by atoms with Gasteiger partial charge in [-0.15, -0.1) is 12.4 Å². The maximum Gasteiger partial charge on any atom is 0.291 e. The third kappa shape index (κ3) is 5.99. The molecule has 1 aromatic heterocycles. The van der Waals surface area contributed by atoms with E-state index in [9.17, 15) is 9.59 Å². The van der Waals surface area contributed by atoms with E-state index in [0.717, 1.165) is 25.9 Å². The van der Waals surface area contributed by atoms with E-state index < -0.39 is 0 Å². The molecule has 0 aliphatic carbocycles. The number of nitrogens with one attached hydrogen (secondary N) is 3. The first-order valence-corrected chi connectivity index (χ1v) is 9.55. The fourth-order valence-electron chi connectivity index (χ4n) is 3.32. The van der Waals surface area contributed by atoms with Crippen molar-refractivity contribution in [2.45, 2.75) is 26.2 Å². The normalized spacial score (nSPS) is 17.3. The molecule has 152 valence electrons. The predicted octanol–water partition coefficient (Wildman–Crippen LogP) is 4.57. The number of amides is 2. The molecule has 28 heavy (non-hydrogen) atoms. The summed E-state index contributed by atoms with van der Waals surface area (Å²) >= 11 is 6.24. The number of benzene rings is 1. The molecule has 2 aromatic rings. The van der Waals surface area contributed by atoms with Crippen molar-refractivity contribution in [2.75, 3.05) is 23.7 Å². The Kier molecular flexibility index (Phi) is 8.35. The molecule has 2 atom stereocenters. The van der Waals surface area contributed by atoms with Crippen LogP contribution in [0.5, 0.6) is 0 Å². The van der Waals surface area contributed by atoms with Gasteiger partial charge in [-0.2, -0.15) is 0 Å². The van der Waals surface area contributed by atoms with Crippen molar-refractivity contribution >= 4 is 47.2 Å². The zero-order valence-electron chi connectivity index (χ0n) is 15.7. The Hall–Kier alpha value is -2.02. The first-order chi connectivity index (χ1) is 13.0. The Morgan fingerprint density at radius 1 is 1.32 bits per heavy atom. The molecule has 1 aromatic carbocycles. The number of hydrogen-bond acceptors (Lipinski definition) is 4. The van der Waals surface area contributed by atoms with E-state index in [1.807, 2.05) is 0 Å². The summed E-state index contributed by atoms with van der Waals surface area (Å²) in [5, 5.41) is 9.30. The molecule has 1 aliphatic heterocycles. The number of furan rings is 1. The van der Waals surface area contributed by atoms with Crippen LogP contribution < -0.4 is 16.0 Å². The van der Waals surface area contributed by atoms with Crippen LogP contribution in [0.15, 0.2) is 41.0 Å². The summed E-state index contributed by atoms with van der Waals surface area (Å²) in [6.45, 7) is 4.17. The standard InChI is InChI=1S/C20H24ClN3O3.ClH/c1-13(14-4-2-8-22-12-14)10-19(25)23-15-6-7-17(16(21)11-15)24-20(26)18-5-3-9-27-18;/h3,5-7,9,11,13-14,22H,2,4,8,10,12H2,1H3,(H,23,25)(H,24,26);1H. The highest BCUT2D eigenvalue weighted by Crippen LogP contribution is 2.27. The van der Waals surface area contributed by atoms with E-state index in [2.05, 4.69) is 22.9 Å². The van der Waals surface area contributed by atoms with Gasteiger partial charge in [0.25, 0.3) is 5.91 Å². The van der Waals surface area contributed by atoms with E-state index in [4.69, 9.17) is 16.0 Å². The Labute approximate surface area is 175 Å². The van der Waals surface area contributed by atoms with Crippen LogP contribution in [0.3, 0.4) is 0 Å². The molecule has 8 heteroatoms. The second-order valence-electron chi connectivity index (χ2n) is 6.96. The van der Waals surface area contributed by atoms with Crippen LogP contribution in [0.25, 0.3) is 0 Å². The lowest BCUT2D eigenvalue weighted by Gasteiger charge is -2.28. The zero-order chi connectivity index (χ0) is 19.2. The predicted molar refractivity (Wildman–Crippen MR) is 113 cm³/mol. The van der Waals surface area contributed by atoms with Gasteiger partial charge in [0.1, 0.15) is 0 Å². The van der Waals surface area contributed by atoms with Crippen LogP contribution in [-0.2, 0) is 4.79 Å². The molecule has 2 unspecified atom stereocenters. The lowest BCUT2D eigenvalue weighted by Crippen LogP contribution is -2.34. The number of halogens is 2. The Bertz CT molecular complexity index is 790. The summed E-state index contributed by atoms with van der Waals surface area (Å²) in [5.74, 6) is 0.646. The highest BCUT2D eigenvalue weighted by Gasteiger charge is 2.22. The Morgan fingerprint density at radius 2 is 2.14 bits per heavy atom. The van der Waals surface area contributed by atoms with Crippen molar-refractivity contribution in [1.29, 1.82) is 0 Å².